The Labute approximate surface area is 196 Å². The maximum absolute atomic E-state index is 12.7. The van der Waals surface area contributed by atoms with Gasteiger partial charge < -0.3 is 10.1 Å². The summed E-state index contributed by atoms with van der Waals surface area (Å²) in [5, 5.41) is 12.2. The Hall–Kier alpha value is -2.65. The molecule has 0 aliphatic rings. The van der Waals surface area contributed by atoms with Gasteiger partial charge in [-0.05, 0) is 42.0 Å². The minimum Gasteiger partial charge on any atom is -0.489 e. The summed E-state index contributed by atoms with van der Waals surface area (Å²) in [6.45, 7) is 0.593. The van der Waals surface area contributed by atoms with Gasteiger partial charge in [-0.2, -0.15) is 5.26 Å². The number of carbonyl (C=O) groups excluding carboxylic acids is 1. The lowest BCUT2D eigenvalue weighted by Gasteiger charge is -2.17. The number of hydrogen-bond acceptors (Lipinski definition) is 4. The van der Waals surface area contributed by atoms with E-state index in [4.69, 9.17) is 33.2 Å². The first-order valence-corrected chi connectivity index (χ1v) is 11.2. The van der Waals surface area contributed by atoms with E-state index in [1.165, 1.54) is 11.8 Å². The van der Waals surface area contributed by atoms with Gasteiger partial charge in [0.15, 0.2) is 0 Å². The zero-order chi connectivity index (χ0) is 22.1. The molecule has 31 heavy (non-hydrogen) atoms. The number of hydrogen-bond donors (Lipinski definition) is 1. The number of nitrogens with one attached hydrogen (secondary N) is 1. The highest BCUT2D eigenvalue weighted by atomic mass is 35.5. The van der Waals surface area contributed by atoms with Crippen molar-refractivity contribution in [1.82, 2.24) is 5.32 Å². The molecule has 0 spiro atoms. The first kappa shape index (κ1) is 23.0. The van der Waals surface area contributed by atoms with Gasteiger partial charge in [0, 0.05) is 27.0 Å². The molecule has 7 heteroatoms. The Kier molecular flexibility index (Phi) is 8.66. The van der Waals surface area contributed by atoms with Gasteiger partial charge in [-0.15, -0.1) is 11.8 Å². The van der Waals surface area contributed by atoms with Gasteiger partial charge in [0.1, 0.15) is 17.6 Å². The SMILES string of the molecule is N#CCCNC(=O)C(Sc1ccc(OCc2c(Cl)cccc2Cl)cc1)c1ccccc1. The topological polar surface area (TPSA) is 62.1 Å². The molecule has 1 amide bonds. The highest BCUT2D eigenvalue weighted by Crippen LogP contribution is 2.36. The number of benzene rings is 3. The van der Waals surface area contributed by atoms with E-state index in [0.29, 0.717) is 22.3 Å². The monoisotopic (exact) mass is 470 g/mol. The molecule has 0 aromatic heterocycles. The van der Waals surface area contributed by atoms with Crippen LogP contribution in [0.1, 0.15) is 22.8 Å². The van der Waals surface area contributed by atoms with Gasteiger partial charge in [0.05, 0.1) is 12.5 Å². The second-order valence-electron chi connectivity index (χ2n) is 6.57. The first-order valence-electron chi connectivity index (χ1n) is 9.60. The van der Waals surface area contributed by atoms with E-state index in [-0.39, 0.29) is 18.9 Å². The normalized spacial score (nSPS) is 11.4. The van der Waals surface area contributed by atoms with E-state index in [0.717, 1.165) is 16.0 Å². The molecule has 0 saturated carbocycles. The second kappa shape index (κ2) is 11.7. The van der Waals surface area contributed by atoms with Crippen molar-refractivity contribution in [2.45, 2.75) is 23.2 Å². The predicted molar refractivity (Wildman–Crippen MR) is 126 cm³/mol. The summed E-state index contributed by atoms with van der Waals surface area (Å²) in [7, 11) is 0. The Balaban J connectivity index is 1.68. The zero-order valence-electron chi connectivity index (χ0n) is 16.6. The molecule has 0 aliphatic carbocycles. The average Bonchev–Trinajstić information content (AvgIpc) is 2.78. The molecule has 0 aliphatic heterocycles. The summed E-state index contributed by atoms with van der Waals surface area (Å²) in [5.41, 5.74) is 1.64. The van der Waals surface area contributed by atoms with Gasteiger partial charge in [0.25, 0.3) is 0 Å². The summed E-state index contributed by atoms with van der Waals surface area (Å²) in [5.74, 6) is 0.551. The van der Waals surface area contributed by atoms with Crippen LogP contribution in [-0.4, -0.2) is 12.5 Å². The third-order valence-electron chi connectivity index (χ3n) is 4.40. The Morgan fingerprint density at radius 1 is 1.00 bits per heavy atom. The van der Waals surface area contributed by atoms with Crippen LogP contribution < -0.4 is 10.1 Å². The molecule has 0 radical (unpaired) electrons. The van der Waals surface area contributed by atoms with E-state index < -0.39 is 5.25 Å². The van der Waals surface area contributed by atoms with E-state index in [1.807, 2.05) is 60.7 Å². The number of nitriles is 1. The van der Waals surface area contributed by atoms with E-state index in [9.17, 15) is 4.79 Å². The fourth-order valence-electron chi connectivity index (χ4n) is 2.81. The average molecular weight is 471 g/mol. The van der Waals surface area contributed by atoms with Crippen molar-refractivity contribution in [3.05, 3.63) is 94.0 Å². The Bertz CT molecular complexity index is 1030. The maximum atomic E-state index is 12.7. The van der Waals surface area contributed by atoms with Gasteiger partial charge in [-0.1, -0.05) is 59.6 Å². The molecule has 0 bridgehead atoms. The van der Waals surface area contributed by atoms with Gasteiger partial charge in [-0.3, -0.25) is 4.79 Å². The molecular formula is C24H20Cl2N2O2S. The molecule has 1 atom stereocenters. The third kappa shape index (κ3) is 6.67. The molecule has 3 aromatic rings. The van der Waals surface area contributed by atoms with Crippen molar-refractivity contribution in [3.63, 3.8) is 0 Å². The summed E-state index contributed by atoms with van der Waals surface area (Å²) < 4.78 is 5.82. The summed E-state index contributed by atoms with van der Waals surface area (Å²) in [6, 6.07) is 24.5. The second-order valence-corrected chi connectivity index (χ2v) is 8.56. The zero-order valence-corrected chi connectivity index (χ0v) is 18.9. The van der Waals surface area contributed by atoms with Gasteiger partial charge in [-0.25, -0.2) is 0 Å². The van der Waals surface area contributed by atoms with Crippen molar-refractivity contribution in [1.29, 1.82) is 5.26 Å². The predicted octanol–water partition coefficient (Wildman–Crippen LogP) is 6.44. The number of nitrogens with zero attached hydrogens (tertiary/aromatic N) is 1. The fourth-order valence-corrected chi connectivity index (χ4v) is 4.37. The molecule has 0 heterocycles. The molecule has 3 rings (SSSR count). The molecule has 1 N–H and O–H groups in total. The number of ether oxygens (including phenoxy) is 1. The molecule has 4 nitrogen and oxygen atoms in total. The van der Waals surface area contributed by atoms with Crippen molar-refractivity contribution in [3.8, 4) is 11.8 Å². The number of amides is 1. The van der Waals surface area contributed by atoms with Crippen LogP contribution in [0.3, 0.4) is 0 Å². The van der Waals surface area contributed by atoms with Crippen molar-refractivity contribution in [2.24, 2.45) is 0 Å². The van der Waals surface area contributed by atoms with E-state index in [1.54, 1.807) is 18.2 Å². The third-order valence-corrected chi connectivity index (χ3v) is 6.37. The molecule has 158 valence electrons. The summed E-state index contributed by atoms with van der Waals surface area (Å²) in [4.78, 5) is 13.6. The quantitative estimate of drug-likeness (QED) is 0.288. The first-order chi connectivity index (χ1) is 15.1. The van der Waals surface area contributed by atoms with Crippen LogP contribution >= 0.6 is 35.0 Å². The minimum atomic E-state index is -0.423. The van der Waals surface area contributed by atoms with Crippen molar-refractivity contribution < 1.29 is 9.53 Å². The standard InChI is InChI=1S/C24H20Cl2N2O2S/c25-21-8-4-9-22(26)20(21)16-30-18-10-12-19(13-11-18)31-23(17-6-2-1-3-7-17)24(29)28-15-5-14-27/h1-4,6-13,23H,5,15-16H2,(H,28,29). The smallest absolute Gasteiger partial charge is 0.238 e. The van der Waals surface area contributed by atoms with Crippen molar-refractivity contribution in [2.75, 3.05) is 6.54 Å². The lowest BCUT2D eigenvalue weighted by molar-refractivity contribution is -0.120. The highest BCUT2D eigenvalue weighted by Gasteiger charge is 2.21. The van der Waals surface area contributed by atoms with Crippen LogP contribution in [0.4, 0.5) is 0 Å². The van der Waals surface area contributed by atoms with Gasteiger partial charge >= 0.3 is 0 Å². The molecule has 0 fully saturated rings. The molecule has 3 aromatic carbocycles. The lowest BCUT2D eigenvalue weighted by atomic mass is 10.1. The van der Waals surface area contributed by atoms with E-state index in [2.05, 4.69) is 5.32 Å². The Morgan fingerprint density at radius 2 is 1.68 bits per heavy atom. The van der Waals surface area contributed by atoms with Crippen LogP contribution in [0.25, 0.3) is 0 Å². The summed E-state index contributed by atoms with van der Waals surface area (Å²) >= 11 is 13.8. The molecular weight excluding hydrogens is 451 g/mol. The number of carbonyl (C=O) groups is 1. The fraction of sp³-hybridized carbons (Fsp3) is 0.167. The Morgan fingerprint density at radius 3 is 2.32 bits per heavy atom. The van der Waals surface area contributed by atoms with Crippen LogP contribution in [0.5, 0.6) is 5.75 Å². The largest absolute Gasteiger partial charge is 0.489 e. The number of thioether (sulfide) groups is 1. The van der Waals surface area contributed by atoms with Crippen LogP contribution in [0, 0.1) is 11.3 Å². The molecule has 0 saturated heterocycles. The van der Waals surface area contributed by atoms with E-state index >= 15 is 0 Å². The number of halogens is 2. The number of rotatable bonds is 9. The van der Waals surface area contributed by atoms with Crippen molar-refractivity contribution >= 4 is 40.9 Å². The lowest BCUT2D eigenvalue weighted by Crippen LogP contribution is -2.28. The van der Waals surface area contributed by atoms with Crippen LogP contribution in [0.15, 0.2) is 77.7 Å². The minimum absolute atomic E-state index is 0.125. The highest BCUT2D eigenvalue weighted by molar-refractivity contribution is 8.00. The van der Waals surface area contributed by atoms with Crippen LogP contribution in [-0.2, 0) is 11.4 Å². The molecule has 1 unspecified atom stereocenters. The maximum Gasteiger partial charge on any atom is 0.238 e. The van der Waals surface area contributed by atoms with Crippen LogP contribution in [0.2, 0.25) is 10.0 Å². The van der Waals surface area contributed by atoms with Gasteiger partial charge in [0.2, 0.25) is 5.91 Å². The summed E-state index contributed by atoms with van der Waals surface area (Å²) in [6.07, 6.45) is 0.277.